The van der Waals surface area contributed by atoms with Gasteiger partial charge < -0.3 is 14.9 Å². The molecule has 0 saturated carbocycles. The fraction of sp³-hybridized carbons (Fsp3) is 0.571. The van der Waals surface area contributed by atoms with Gasteiger partial charge in [0.2, 0.25) is 0 Å². The third-order valence-corrected chi connectivity index (χ3v) is 3.66. The first kappa shape index (κ1) is 15.5. The number of aliphatic hydroxyl groups is 1. The molecular weight excluding hydrogens is 292 g/mol. The number of anilines is 1. The average molecular weight is 315 g/mol. The van der Waals surface area contributed by atoms with Gasteiger partial charge in [0.1, 0.15) is 0 Å². The van der Waals surface area contributed by atoms with Crippen molar-refractivity contribution in [2.24, 2.45) is 0 Å². The predicted molar refractivity (Wildman–Crippen MR) is 81.2 cm³/mol. The zero-order valence-electron chi connectivity index (χ0n) is 11.7. The normalized spacial score (nSPS) is 12.8. The van der Waals surface area contributed by atoms with E-state index in [1.165, 1.54) is 5.69 Å². The van der Waals surface area contributed by atoms with Gasteiger partial charge >= 0.3 is 0 Å². The van der Waals surface area contributed by atoms with Crippen molar-refractivity contribution in [2.75, 3.05) is 39.1 Å². The van der Waals surface area contributed by atoms with Gasteiger partial charge in [-0.2, -0.15) is 0 Å². The number of aliphatic hydroxyl groups excluding tert-OH is 1. The fourth-order valence-electron chi connectivity index (χ4n) is 1.85. The smallest absolute Gasteiger partial charge is 0.0772 e. The van der Waals surface area contributed by atoms with Gasteiger partial charge in [0.15, 0.2) is 0 Å². The molecule has 18 heavy (non-hydrogen) atoms. The van der Waals surface area contributed by atoms with E-state index in [0.717, 1.165) is 29.5 Å². The van der Waals surface area contributed by atoms with Crippen LogP contribution in [0.1, 0.15) is 25.0 Å². The highest BCUT2D eigenvalue weighted by Crippen LogP contribution is 2.27. The summed E-state index contributed by atoms with van der Waals surface area (Å²) in [4.78, 5) is 4.43. The van der Waals surface area contributed by atoms with Gasteiger partial charge in [0, 0.05) is 23.8 Å². The highest BCUT2D eigenvalue weighted by molar-refractivity contribution is 9.10. The van der Waals surface area contributed by atoms with Crippen LogP contribution in [0.4, 0.5) is 5.69 Å². The Labute approximate surface area is 119 Å². The Bertz CT molecular complexity index is 380. The Hall–Kier alpha value is -0.580. The molecule has 1 aromatic rings. The maximum atomic E-state index is 9.59. The van der Waals surface area contributed by atoms with Crippen molar-refractivity contribution < 1.29 is 5.11 Å². The summed E-state index contributed by atoms with van der Waals surface area (Å²) in [5, 5.41) is 9.59. The summed E-state index contributed by atoms with van der Waals surface area (Å²) in [5.41, 5.74) is 2.10. The number of hydrogen-bond acceptors (Lipinski definition) is 3. The maximum Gasteiger partial charge on any atom is 0.0772 e. The van der Waals surface area contributed by atoms with E-state index >= 15 is 0 Å². The topological polar surface area (TPSA) is 26.7 Å². The van der Waals surface area contributed by atoms with Crippen LogP contribution in [-0.2, 0) is 0 Å². The van der Waals surface area contributed by atoms with Crippen LogP contribution in [0, 0.1) is 0 Å². The monoisotopic (exact) mass is 314 g/mol. The second-order valence-corrected chi connectivity index (χ2v) is 5.81. The van der Waals surface area contributed by atoms with Crippen LogP contribution in [0.25, 0.3) is 0 Å². The summed E-state index contributed by atoms with van der Waals surface area (Å²) in [6.07, 6.45) is 0.701. The highest BCUT2D eigenvalue weighted by Gasteiger charge is 2.08. The minimum Gasteiger partial charge on any atom is -0.389 e. The molecule has 0 radical (unpaired) electrons. The quantitative estimate of drug-likeness (QED) is 0.874. The molecule has 0 heterocycles. The summed E-state index contributed by atoms with van der Waals surface area (Å²) in [6, 6.07) is 6.10. The molecule has 0 spiro atoms. The molecule has 1 rings (SSSR count). The molecule has 3 nitrogen and oxygen atoms in total. The van der Waals surface area contributed by atoms with Crippen LogP contribution in [0.15, 0.2) is 22.7 Å². The van der Waals surface area contributed by atoms with Crippen molar-refractivity contribution in [2.45, 2.75) is 19.4 Å². The van der Waals surface area contributed by atoms with E-state index in [9.17, 15) is 5.11 Å². The Morgan fingerprint density at radius 2 is 1.89 bits per heavy atom. The maximum absolute atomic E-state index is 9.59. The van der Waals surface area contributed by atoms with Gasteiger partial charge in [-0.1, -0.05) is 22.0 Å². The molecule has 1 aromatic carbocycles. The second kappa shape index (κ2) is 7.12. The van der Waals surface area contributed by atoms with Gasteiger partial charge in [-0.05, 0) is 51.7 Å². The Kier molecular flexibility index (Phi) is 6.12. The van der Waals surface area contributed by atoms with E-state index in [-0.39, 0.29) is 0 Å². The minimum atomic E-state index is -0.438. The molecule has 1 atom stereocenters. The van der Waals surface area contributed by atoms with Gasteiger partial charge in [0.25, 0.3) is 0 Å². The Morgan fingerprint density at radius 1 is 1.22 bits per heavy atom. The van der Waals surface area contributed by atoms with Crippen molar-refractivity contribution >= 4 is 21.6 Å². The molecule has 0 aliphatic rings. The summed E-state index contributed by atoms with van der Waals surface area (Å²) < 4.78 is 0.967. The zero-order chi connectivity index (χ0) is 13.7. The number of rotatable bonds is 6. The molecular formula is C14H23BrN2O. The third kappa shape index (κ3) is 4.59. The predicted octanol–water partition coefficient (Wildman–Crippen LogP) is 2.89. The number of benzene rings is 1. The van der Waals surface area contributed by atoms with Crippen LogP contribution < -0.4 is 4.90 Å². The van der Waals surface area contributed by atoms with E-state index in [2.05, 4.69) is 59.0 Å². The van der Waals surface area contributed by atoms with Gasteiger partial charge in [-0.25, -0.2) is 0 Å². The van der Waals surface area contributed by atoms with Gasteiger partial charge in [-0.3, -0.25) is 0 Å². The second-order valence-electron chi connectivity index (χ2n) is 4.96. The standard InChI is InChI=1S/C14H23BrN2O/c1-11(18)13-7-6-12(10-14(13)15)17(4)9-5-8-16(2)3/h6-7,10-11,18H,5,8-9H2,1-4H3/t11-/m1/s1. The molecule has 0 aliphatic carbocycles. The Balaban J connectivity index is 2.63. The van der Waals surface area contributed by atoms with Crippen molar-refractivity contribution in [1.29, 1.82) is 0 Å². The largest absolute Gasteiger partial charge is 0.389 e. The first-order chi connectivity index (χ1) is 8.41. The molecule has 4 heteroatoms. The molecule has 0 fully saturated rings. The lowest BCUT2D eigenvalue weighted by Gasteiger charge is -2.21. The Morgan fingerprint density at radius 3 is 2.39 bits per heavy atom. The lowest BCUT2D eigenvalue weighted by atomic mass is 10.1. The lowest BCUT2D eigenvalue weighted by Crippen LogP contribution is -2.23. The SMILES string of the molecule is C[C@@H](O)c1ccc(N(C)CCCN(C)C)cc1Br. The van der Waals surface area contributed by atoms with Crippen LogP contribution in [0.3, 0.4) is 0 Å². The first-order valence-electron chi connectivity index (χ1n) is 6.25. The molecule has 0 aromatic heterocycles. The molecule has 0 amide bonds. The summed E-state index contributed by atoms with van der Waals surface area (Å²) >= 11 is 3.51. The van der Waals surface area contributed by atoms with Crippen molar-refractivity contribution in [1.82, 2.24) is 4.90 Å². The number of halogens is 1. The molecule has 0 aliphatic heterocycles. The minimum absolute atomic E-state index is 0.438. The van der Waals surface area contributed by atoms with E-state index in [1.54, 1.807) is 6.92 Å². The van der Waals surface area contributed by atoms with Crippen LogP contribution >= 0.6 is 15.9 Å². The van der Waals surface area contributed by atoms with Gasteiger partial charge in [0.05, 0.1) is 6.10 Å². The average Bonchev–Trinajstić information content (AvgIpc) is 2.27. The molecule has 102 valence electrons. The highest BCUT2D eigenvalue weighted by atomic mass is 79.9. The lowest BCUT2D eigenvalue weighted by molar-refractivity contribution is 0.198. The number of hydrogen-bond donors (Lipinski definition) is 1. The van der Waals surface area contributed by atoms with E-state index in [4.69, 9.17) is 0 Å². The van der Waals surface area contributed by atoms with Crippen LogP contribution in [-0.4, -0.2) is 44.2 Å². The molecule has 0 bridgehead atoms. The first-order valence-corrected chi connectivity index (χ1v) is 7.04. The van der Waals surface area contributed by atoms with E-state index in [1.807, 2.05) is 6.07 Å². The van der Waals surface area contributed by atoms with Crippen molar-refractivity contribution in [3.05, 3.63) is 28.2 Å². The summed E-state index contributed by atoms with van der Waals surface area (Å²) in [7, 11) is 6.28. The molecule has 0 unspecified atom stereocenters. The number of nitrogens with zero attached hydrogens (tertiary/aromatic N) is 2. The molecule has 0 saturated heterocycles. The van der Waals surface area contributed by atoms with Crippen LogP contribution in [0.5, 0.6) is 0 Å². The van der Waals surface area contributed by atoms with Crippen LogP contribution in [0.2, 0.25) is 0 Å². The van der Waals surface area contributed by atoms with Gasteiger partial charge in [-0.15, -0.1) is 0 Å². The summed E-state index contributed by atoms with van der Waals surface area (Å²) in [6.45, 7) is 3.90. The fourth-order valence-corrected chi connectivity index (χ4v) is 2.54. The van der Waals surface area contributed by atoms with E-state index < -0.39 is 6.10 Å². The zero-order valence-corrected chi connectivity index (χ0v) is 13.2. The summed E-state index contributed by atoms with van der Waals surface area (Å²) in [5.74, 6) is 0. The molecule has 1 N–H and O–H groups in total. The van der Waals surface area contributed by atoms with Crippen molar-refractivity contribution in [3.8, 4) is 0 Å². The third-order valence-electron chi connectivity index (χ3n) is 2.97. The van der Waals surface area contributed by atoms with Crippen molar-refractivity contribution in [3.63, 3.8) is 0 Å². The van der Waals surface area contributed by atoms with E-state index in [0.29, 0.717) is 0 Å².